The first kappa shape index (κ1) is 9.24. The molecule has 1 aliphatic carbocycles. The summed E-state index contributed by atoms with van der Waals surface area (Å²) in [6, 6.07) is 0. The maximum atomic E-state index is 10.7. The number of aliphatic carboxylic acids is 1. The summed E-state index contributed by atoms with van der Waals surface area (Å²) in [7, 11) is 1.96. The molecule has 14 heavy (non-hydrogen) atoms. The number of carboxylic acids is 1. The largest absolute Gasteiger partial charge is 0.481 e. The lowest BCUT2D eigenvalue weighted by molar-refractivity contribution is -0.137. The number of fused-ring (bicyclic) bond motifs is 1. The van der Waals surface area contributed by atoms with Crippen LogP contribution < -0.4 is 0 Å². The van der Waals surface area contributed by atoms with Gasteiger partial charge >= 0.3 is 5.97 Å². The van der Waals surface area contributed by atoms with E-state index in [1.807, 2.05) is 18.5 Å². The maximum absolute atomic E-state index is 10.7. The lowest BCUT2D eigenvalue weighted by atomic mass is 10.0. The zero-order valence-corrected chi connectivity index (χ0v) is 8.45. The molecule has 76 valence electrons. The summed E-state index contributed by atoms with van der Waals surface area (Å²) < 4.78 is 2.02. The van der Waals surface area contributed by atoms with Crippen LogP contribution in [-0.4, -0.2) is 20.6 Å². The van der Waals surface area contributed by atoms with E-state index in [9.17, 15) is 4.79 Å². The summed E-state index contributed by atoms with van der Waals surface area (Å²) in [5.74, 6) is 0.417. The second-order valence-corrected chi connectivity index (χ2v) is 3.88. The van der Waals surface area contributed by atoms with E-state index < -0.39 is 5.97 Å². The van der Waals surface area contributed by atoms with Gasteiger partial charge in [-0.25, -0.2) is 4.98 Å². The van der Waals surface area contributed by atoms with Gasteiger partial charge in [0, 0.05) is 18.7 Å². The average molecular weight is 194 g/mol. The van der Waals surface area contributed by atoms with E-state index in [4.69, 9.17) is 5.11 Å². The van der Waals surface area contributed by atoms with Crippen LogP contribution in [0.5, 0.6) is 0 Å². The molecule has 0 spiro atoms. The third-order valence-electron chi connectivity index (χ3n) is 2.98. The minimum Gasteiger partial charge on any atom is -0.481 e. The van der Waals surface area contributed by atoms with Crippen molar-refractivity contribution in [2.45, 2.75) is 32.1 Å². The number of carboxylic acid groups (broad SMARTS) is 1. The van der Waals surface area contributed by atoms with E-state index in [0.29, 0.717) is 0 Å². The Balaban J connectivity index is 2.32. The maximum Gasteiger partial charge on any atom is 0.304 e. The molecule has 2 rings (SSSR count). The monoisotopic (exact) mass is 194 g/mol. The molecule has 0 saturated carbocycles. The van der Waals surface area contributed by atoms with Gasteiger partial charge in [-0.15, -0.1) is 0 Å². The molecule has 1 heterocycles. The third kappa shape index (κ3) is 1.31. The van der Waals surface area contributed by atoms with E-state index in [-0.39, 0.29) is 12.3 Å². The van der Waals surface area contributed by atoms with Gasteiger partial charge in [0.15, 0.2) is 0 Å². The van der Waals surface area contributed by atoms with E-state index >= 15 is 0 Å². The Kier molecular flexibility index (Phi) is 2.06. The van der Waals surface area contributed by atoms with Crippen LogP contribution in [0.2, 0.25) is 0 Å². The zero-order valence-electron chi connectivity index (χ0n) is 8.45. The molecule has 4 nitrogen and oxygen atoms in total. The number of imidazole rings is 1. The molecule has 0 radical (unpaired) electrons. The van der Waals surface area contributed by atoms with Crippen molar-refractivity contribution in [2.75, 3.05) is 0 Å². The first-order chi connectivity index (χ1) is 6.59. The molecule has 0 aliphatic heterocycles. The smallest absolute Gasteiger partial charge is 0.304 e. The Labute approximate surface area is 82.6 Å². The molecule has 4 heteroatoms. The first-order valence-corrected chi connectivity index (χ1v) is 4.83. The van der Waals surface area contributed by atoms with Crippen molar-refractivity contribution in [1.82, 2.24) is 9.55 Å². The second-order valence-electron chi connectivity index (χ2n) is 3.88. The Morgan fingerprint density at radius 3 is 3.07 bits per heavy atom. The number of hydrogen-bond donors (Lipinski definition) is 1. The predicted molar refractivity (Wildman–Crippen MR) is 51.3 cm³/mol. The fourth-order valence-corrected chi connectivity index (χ4v) is 2.25. The van der Waals surface area contributed by atoms with Crippen molar-refractivity contribution >= 4 is 5.97 Å². The van der Waals surface area contributed by atoms with Crippen LogP contribution in [0, 0.1) is 6.92 Å². The molecule has 1 aromatic rings. The molecule has 1 atom stereocenters. The Hall–Kier alpha value is -1.32. The molecule has 0 fully saturated rings. The molecular formula is C10H14N2O2. The van der Waals surface area contributed by atoms with Crippen LogP contribution in [0.15, 0.2) is 0 Å². The van der Waals surface area contributed by atoms with Crippen molar-refractivity contribution in [3.63, 3.8) is 0 Å². The Bertz CT molecular complexity index is 382. The lowest BCUT2D eigenvalue weighted by Gasteiger charge is -2.09. The van der Waals surface area contributed by atoms with Crippen LogP contribution >= 0.6 is 0 Å². The fraction of sp³-hybridized carbons (Fsp3) is 0.600. The summed E-state index contributed by atoms with van der Waals surface area (Å²) >= 11 is 0. The highest BCUT2D eigenvalue weighted by molar-refractivity contribution is 5.68. The van der Waals surface area contributed by atoms with E-state index in [1.54, 1.807) is 0 Å². The standard InChI is InChI=1S/C10H14N2O2/c1-6-11-8-4-3-7(5-9(13)14)10(8)12(6)2/h7H,3-5H2,1-2H3,(H,13,14). The number of rotatable bonds is 2. The summed E-state index contributed by atoms with van der Waals surface area (Å²) in [4.78, 5) is 15.1. The second kappa shape index (κ2) is 3.12. The summed E-state index contributed by atoms with van der Waals surface area (Å²) in [6.45, 7) is 1.95. The number of hydrogen-bond acceptors (Lipinski definition) is 2. The quantitative estimate of drug-likeness (QED) is 0.770. The number of carbonyl (C=O) groups is 1. The van der Waals surface area contributed by atoms with Crippen molar-refractivity contribution < 1.29 is 9.90 Å². The van der Waals surface area contributed by atoms with Gasteiger partial charge in [-0.1, -0.05) is 0 Å². The average Bonchev–Trinajstić information content (AvgIpc) is 2.57. The van der Waals surface area contributed by atoms with Crippen molar-refractivity contribution in [2.24, 2.45) is 7.05 Å². The minimum atomic E-state index is -0.721. The summed E-state index contributed by atoms with van der Waals surface area (Å²) in [5, 5.41) is 8.77. The van der Waals surface area contributed by atoms with Gasteiger partial charge in [0.2, 0.25) is 0 Å². The fourth-order valence-electron chi connectivity index (χ4n) is 2.25. The highest BCUT2D eigenvalue weighted by atomic mass is 16.4. The molecule has 1 unspecified atom stereocenters. The Morgan fingerprint density at radius 1 is 1.71 bits per heavy atom. The molecule has 1 aliphatic rings. The van der Waals surface area contributed by atoms with Crippen LogP contribution in [0.1, 0.15) is 36.0 Å². The van der Waals surface area contributed by atoms with Gasteiger partial charge < -0.3 is 9.67 Å². The van der Waals surface area contributed by atoms with Gasteiger partial charge in [-0.05, 0) is 19.8 Å². The molecule has 1 N–H and O–H groups in total. The molecule has 1 aromatic heterocycles. The highest BCUT2D eigenvalue weighted by Crippen LogP contribution is 2.35. The molecule has 0 bridgehead atoms. The van der Waals surface area contributed by atoms with Crippen LogP contribution in [0.4, 0.5) is 0 Å². The number of nitrogens with zero attached hydrogens (tertiary/aromatic N) is 2. The minimum absolute atomic E-state index is 0.161. The first-order valence-electron chi connectivity index (χ1n) is 4.83. The van der Waals surface area contributed by atoms with Crippen LogP contribution in [0.3, 0.4) is 0 Å². The molecule has 0 aromatic carbocycles. The molecular weight excluding hydrogens is 180 g/mol. The number of aromatic nitrogens is 2. The lowest BCUT2D eigenvalue weighted by Crippen LogP contribution is -2.08. The van der Waals surface area contributed by atoms with E-state index in [0.717, 1.165) is 30.1 Å². The van der Waals surface area contributed by atoms with Gasteiger partial charge in [0.05, 0.1) is 12.1 Å². The van der Waals surface area contributed by atoms with Crippen molar-refractivity contribution in [3.05, 3.63) is 17.2 Å². The van der Waals surface area contributed by atoms with Gasteiger partial charge in [-0.3, -0.25) is 4.79 Å². The molecule has 0 amide bonds. The van der Waals surface area contributed by atoms with Gasteiger partial charge in [0.1, 0.15) is 5.82 Å². The normalized spacial score (nSPS) is 19.7. The zero-order chi connectivity index (χ0) is 10.3. The summed E-state index contributed by atoms with van der Waals surface area (Å²) in [6.07, 6.45) is 2.08. The van der Waals surface area contributed by atoms with Crippen LogP contribution in [-0.2, 0) is 18.3 Å². The van der Waals surface area contributed by atoms with E-state index in [2.05, 4.69) is 4.98 Å². The van der Waals surface area contributed by atoms with Gasteiger partial charge in [0.25, 0.3) is 0 Å². The van der Waals surface area contributed by atoms with Crippen molar-refractivity contribution in [1.29, 1.82) is 0 Å². The Morgan fingerprint density at radius 2 is 2.43 bits per heavy atom. The molecule has 0 saturated heterocycles. The van der Waals surface area contributed by atoms with Crippen molar-refractivity contribution in [3.8, 4) is 0 Å². The predicted octanol–water partition coefficient (Wildman–Crippen LogP) is 1.23. The topological polar surface area (TPSA) is 55.1 Å². The van der Waals surface area contributed by atoms with E-state index in [1.165, 1.54) is 0 Å². The summed E-state index contributed by atoms with van der Waals surface area (Å²) in [5.41, 5.74) is 2.22. The number of aryl methyl sites for hydroxylation is 2. The van der Waals surface area contributed by atoms with Crippen LogP contribution in [0.25, 0.3) is 0 Å². The SMILES string of the molecule is Cc1nc2c(n1C)C(CC(=O)O)CC2. The van der Waals surface area contributed by atoms with Gasteiger partial charge in [-0.2, -0.15) is 0 Å². The third-order valence-corrected chi connectivity index (χ3v) is 2.98. The highest BCUT2D eigenvalue weighted by Gasteiger charge is 2.29.